The van der Waals surface area contributed by atoms with E-state index in [-0.39, 0.29) is 23.7 Å². The Morgan fingerprint density at radius 1 is 1.06 bits per heavy atom. The number of nitrogens with two attached hydrogens (primary N) is 2. The topological polar surface area (TPSA) is 138 Å². The second-order valence-corrected chi connectivity index (χ2v) is 7.59. The van der Waals surface area contributed by atoms with E-state index in [0.717, 1.165) is 25.0 Å². The lowest BCUT2D eigenvalue weighted by Gasteiger charge is -2.28. The van der Waals surface area contributed by atoms with Gasteiger partial charge in [0.2, 0.25) is 17.6 Å². The Labute approximate surface area is 188 Å². The molecule has 9 nitrogen and oxygen atoms in total. The number of pyridine rings is 1. The molecule has 172 valence electrons. The van der Waals surface area contributed by atoms with E-state index < -0.39 is 23.5 Å². The third-order valence-electron chi connectivity index (χ3n) is 5.21. The lowest BCUT2D eigenvalue weighted by molar-refractivity contribution is 0.0805. The van der Waals surface area contributed by atoms with Crippen molar-refractivity contribution in [2.45, 2.75) is 37.8 Å². The summed E-state index contributed by atoms with van der Waals surface area (Å²) in [7, 11) is 0. The molecule has 0 aliphatic heterocycles. The predicted octanol–water partition coefficient (Wildman–Crippen LogP) is 4.01. The summed E-state index contributed by atoms with van der Waals surface area (Å²) >= 11 is 0. The monoisotopic (exact) mass is 456 g/mol. The summed E-state index contributed by atoms with van der Waals surface area (Å²) in [5, 5.41) is 3.27. The zero-order chi connectivity index (χ0) is 23.4. The van der Waals surface area contributed by atoms with Crippen LogP contribution in [0.5, 0.6) is 11.6 Å². The Balaban J connectivity index is 1.51. The van der Waals surface area contributed by atoms with Crippen LogP contribution in [0, 0.1) is 11.6 Å². The number of hydrogen-bond acceptors (Lipinski definition) is 8. The molecule has 2 heterocycles. The number of hydrogen-bond donors (Lipinski definition) is 3. The average molecular weight is 456 g/mol. The van der Waals surface area contributed by atoms with Crippen LogP contribution < -0.4 is 21.5 Å². The van der Waals surface area contributed by atoms with Gasteiger partial charge in [-0.3, -0.25) is 0 Å². The number of carbonyl (C=O) groups excluding carboxylic acids is 1. The minimum Gasteiger partial charge on any atom is -0.446 e. The Morgan fingerprint density at radius 2 is 1.79 bits per heavy atom. The first kappa shape index (κ1) is 22.2. The first-order chi connectivity index (χ1) is 15.9. The van der Waals surface area contributed by atoms with Gasteiger partial charge in [-0.05, 0) is 43.9 Å². The SMILES string of the molecule is NC(=O)OC1CCC(Nc2nccc(-c3cccnc3Oc3c(F)cc(N)cc3F)n2)CC1. The molecule has 0 unspecified atom stereocenters. The van der Waals surface area contributed by atoms with Gasteiger partial charge in [0.25, 0.3) is 0 Å². The van der Waals surface area contributed by atoms with E-state index >= 15 is 0 Å². The highest BCUT2D eigenvalue weighted by atomic mass is 19.1. The average Bonchev–Trinajstić information content (AvgIpc) is 2.78. The van der Waals surface area contributed by atoms with Crippen molar-refractivity contribution in [1.29, 1.82) is 0 Å². The van der Waals surface area contributed by atoms with Gasteiger partial charge in [0.15, 0.2) is 11.6 Å². The van der Waals surface area contributed by atoms with Crippen molar-refractivity contribution in [3.05, 3.63) is 54.4 Å². The van der Waals surface area contributed by atoms with Gasteiger partial charge in [-0.25, -0.2) is 28.5 Å². The number of rotatable bonds is 6. The van der Waals surface area contributed by atoms with Crippen LogP contribution in [0.2, 0.25) is 0 Å². The Morgan fingerprint density at radius 3 is 2.48 bits per heavy atom. The van der Waals surface area contributed by atoms with Crippen molar-refractivity contribution in [2.24, 2.45) is 5.73 Å². The number of primary amides is 1. The van der Waals surface area contributed by atoms with E-state index in [1.54, 1.807) is 24.4 Å². The zero-order valence-electron chi connectivity index (χ0n) is 17.5. The molecular weight excluding hydrogens is 434 g/mol. The summed E-state index contributed by atoms with van der Waals surface area (Å²) in [6, 6.07) is 7.01. The molecule has 5 N–H and O–H groups in total. The van der Waals surface area contributed by atoms with Gasteiger partial charge in [-0.2, -0.15) is 0 Å². The van der Waals surface area contributed by atoms with Gasteiger partial charge < -0.3 is 26.3 Å². The Kier molecular flexibility index (Phi) is 6.48. The fraction of sp³-hybridized carbons (Fsp3) is 0.273. The van der Waals surface area contributed by atoms with Crippen molar-refractivity contribution >= 4 is 17.7 Å². The Bertz CT molecular complexity index is 1130. The molecule has 0 radical (unpaired) electrons. The van der Waals surface area contributed by atoms with Crippen LogP contribution in [-0.4, -0.2) is 33.2 Å². The third kappa shape index (κ3) is 5.43. The van der Waals surface area contributed by atoms with Gasteiger partial charge in [0.05, 0.1) is 11.3 Å². The van der Waals surface area contributed by atoms with E-state index in [4.69, 9.17) is 20.9 Å². The zero-order valence-corrected chi connectivity index (χ0v) is 17.5. The number of halogens is 2. The van der Waals surface area contributed by atoms with E-state index in [1.807, 2.05) is 0 Å². The minimum absolute atomic E-state index is 0.0196. The molecule has 1 aromatic carbocycles. The van der Waals surface area contributed by atoms with Crippen molar-refractivity contribution in [2.75, 3.05) is 11.1 Å². The second-order valence-electron chi connectivity index (χ2n) is 7.59. The van der Waals surface area contributed by atoms with Crippen molar-refractivity contribution in [1.82, 2.24) is 15.0 Å². The molecule has 0 saturated heterocycles. The molecule has 1 amide bonds. The van der Waals surface area contributed by atoms with Crippen LogP contribution in [0.15, 0.2) is 42.7 Å². The fourth-order valence-electron chi connectivity index (χ4n) is 3.69. The summed E-state index contributed by atoms with van der Waals surface area (Å²) in [6.07, 6.45) is 4.92. The number of amides is 1. The number of benzene rings is 1. The second kappa shape index (κ2) is 9.63. The molecule has 0 atom stereocenters. The highest BCUT2D eigenvalue weighted by Crippen LogP contribution is 2.34. The first-order valence-corrected chi connectivity index (χ1v) is 10.3. The van der Waals surface area contributed by atoms with Gasteiger partial charge in [0, 0.05) is 36.3 Å². The van der Waals surface area contributed by atoms with Gasteiger partial charge in [-0.1, -0.05) is 0 Å². The molecule has 11 heteroatoms. The van der Waals surface area contributed by atoms with Crippen LogP contribution in [0.3, 0.4) is 0 Å². The summed E-state index contributed by atoms with van der Waals surface area (Å²) in [4.78, 5) is 23.8. The summed E-state index contributed by atoms with van der Waals surface area (Å²) in [5.41, 5.74) is 11.4. The molecule has 0 bridgehead atoms. The highest BCUT2D eigenvalue weighted by molar-refractivity contribution is 5.66. The van der Waals surface area contributed by atoms with Crippen LogP contribution in [-0.2, 0) is 4.74 Å². The van der Waals surface area contributed by atoms with Crippen molar-refractivity contribution < 1.29 is 23.0 Å². The van der Waals surface area contributed by atoms with Crippen molar-refractivity contribution in [3.63, 3.8) is 0 Å². The molecule has 33 heavy (non-hydrogen) atoms. The van der Waals surface area contributed by atoms with Gasteiger partial charge in [-0.15, -0.1) is 0 Å². The van der Waals surface area contributed by atoms with E-state index in [2.05, 4.69) is 20.3 Å². The standard InChI is InChI=1S/C22H22F2N6O3/c23-16-10-12(25)11-17(24)19(16)33-20-15(2-1-8-27-20)18-7-9-28-22(30-18)29-13-3-5-14(6-4-13)32-21(26)31/h1-2,7-11,13-14H,3-6,25H2,(H2,26,31)(H,28,29,30). The molecule has 4 rings (SSSR count). The number of nitrogens with one attached hydrogen (secondary N) is 1. The van der Waals surface area contributed by atoms with Crippen molar-refractivity contribution in [3.8, 4) is 22.9 Å². The van der Waals surface area contributed by atoms with E-state index in [9.17, 15) is 13.6 Å². The van der Waals surface area contributed by atoms with Crippen LogP contribution >= 0.6 is 0 Å². The maximum atomic E-state index is 14.2. The van der Waals surface area contributed by atoms with E-state index in [1.165, 1.54) is 6.20 Å². The molecule has 2 aromatic heterocycles. The normalized spacial score (nSPS) is 17.9. The quantitative estimate of drug-likeness (QED) is 0.473. The minimum atomic E-state index is -0.940. The lowest BCUT2D eigenvalue weighted by atomic mass is 9.93. The summed E-state index contributed by atoms with van der Waals surface area (Å²) in [6.45, 7) is 0. The van der Waals surface area contributed by atoms with Crippen LogP contribution in [0.25, 0.3) is 11.3 Å². The Hall–Kier alpha value is -4.02. The number of aromatic nitrogens is 3. The summed E-state index contributed by atoms with van der Waals surface area (Å²) in [5.74, 6) is -2.12. The number of nitrogen functional groups attached to an aromatic ring is 1. The van der Waals surface area contributed by atoms with Crippen LogP contribution in [0.4, 0.5) is 25.2 Å². The first-order valence-electron chi connectivity index (χ1n) is 10.3. The lowest BCUT2D eigenvalue weighted by Crippen LogP contribution is -2.32. The molecule has 1 saturated carbocycles. The maximum absolute atomic E-state index is 14.2. The van der Waals surface area contributed by atoms with Gasteiger partial charge >= 0.3 is 6.09 Å². The molecule has 3 aromatic rings. The van der Waals surface area contributed by atoms with E-state index in [0.29, 0.717) is 30.0 Å². The molecule has 1 aliphatic carbocycles. The predicted molar refractivity (Wildman–Crippen MR) is 116 cm³/mol. The molecule has 1 fully saturated rings. The number of nitrogens with zero attached hydrogens (tertiary/aromatic N) is 3. The van der Waals surface area contributed by atoms with Crippen LogP contribution in [0.1, 0.15) is 25.7 Å². The molecule has 0 spiro atoms. The number of carbonyl (C=O) groups is 1. The number of anilines is 2. The molecule has 1 aliphatic rings. The third-order valence-corrected chi connectivity index (χ3v) is 5.21. The smallest absolute Gasteiger partial charge is 0.404 e. The summed E-state index contributed by atoms with van der Waals surface area (Å²) < 4.78 is 38.9. The largest absolute Gasteiger partial charge is 0.446 e. The molecular formula is C22H22F2N6O3. The highest BCUT2D eigenvalue weighted by Gasteiger charge is 2.24. The number of ether oxygens (including phenoxy) is 2. The maximum Gasteiger partial charge on any atom is 0.404 e. The van der Waals surface area contributed by atoms with Gasteiger partial charge in [0.1, 0.15) is 6.10 Å². The fourth-order valence-corrected chi connectivity index (χ4v) is 3.69.